The number of hydrogen-bond donors (Lipinski definition) is 1. The van der Waals surface area contributed by atoms with Gasteiger partial charge in [-0.2, -0.15) is 11.8 Å². The zero-order chi connectivity index (χ0) is 16.0. The Hall–Kier alpha value is -2.15. The van der Waals surface area contributed by atoms with Gasteiger partial charge in [0.25, 0.3) is 5.91 Å². The molecule has 1 aromatic heterocycles. The molecule has 0 saturated carbocycles. The number of thioether (sulfide) groups is 1. The summed E-state index contributed by atoms with van der Waals surface area (Å²) in [6.07, 6.45) is 0.696. The number of urea groups is 1. The van der Waals surface area contributed by atoms with Gasteiger partial charge in [0.15, 0.2) is 0 Å². The van der Waals surface area contributed by atoms with E-state index in [4.69, 9.17) is 0 Å². The van der Waals surface area contributed by atoms with Gasteiger partial charge in [-0.15, -0.1) is 0 Å². The van der Waals surface area contributed by atoms with Crippen LogP contribution in [0.4, 0.5) is 4.79 Å². The smallest absolute Gasteiger partial charge is 0.322 e. The summed E-state index contributed by atoms with van der Waals surface area (Å²) in [5, 5.41) is 2.87. The number of nitrogens with zero attached hydrogens (tertiary/aromatic N) is 3. The summed E-state index contributed by atoms with van der Waals surface area (Å²) in [7, 11) is 0. The number of aromatic nitrogens is 2. The van der Waals surface area contributed by atoms with E-state index in [1.807, 2.05) is 31.2 Å². The Morgan fingerprint density at radius 3 is 2.70 bits per heavy atom. The fourth-order valence-electron chi connectivity index (χ4n) is 3.08. The number of para-hydroxylation sites is 2. The van der Waals surface area contributed by atoms with E-state index in [9.17, 15) is 9.59 Å². The van der Waals surface area contributed by atoms with Crippen LogP contribution in [-0.2, 0) is 11.3 Å². The molecule has 2 aliphatic rings. The van der Waals surface area contributed by atoms with Crippen molar-refractivity contribution < 1.29 is 9.59 Å². The van der Waals surface area contributed by atoms with Crippen LogP contribution in [-0.4, -0.2) is 43.9 Å². The van der Waals surface area contributed by atoms with Gasteiger partial charge >= 0.3 is 6.03 Å². The number of fused-ring (bicyclic) bond motifs is 1. The molecule has 0 aliphatic carbocycles. The first-order valence-electron chi connectivity index (χ1n) is 7.53. The van der Waals surface area contributed by atoms with Crippen LogP contribution < -0.4 is 5.32 Å². The van der Waals surface area contributed by atoms with Crippen molar-refractivity contribution in [2.45, 2.75) is 25.4 Å². The maximum Gasteiger partial charge on any atom is 0.325 e. The third kappa shape index (κ3) is 2.26. The van der Waals surface area contributed by atoms with Gasteiger partial charge < -0.3 is 5.32 Å². The van der Waals surface area contributed by atoms with Gasteiger partial charge in [-0.05, 0) is 31.2 Å². The Morgan fingerprint density at radius 1 is 1.26 bits per heavy atom. The van der Waals surface area contributed by atoms with E-state index in [1.54, 1.807) is 11.8 Å². The molecule has 1 aromatic carbocycles. The van der Waals surface area contributed by atoms with Gasteiger partial charge in [-0.3, -0.25) is 9.69 Å². The number of benzene rings is 1. The summed E-state index contributed by atoms with van der Waals surface area (Å²) in [5.41, 5.74) is 2.28. The lowest BCUT2D eigenvalue weighted by molar-refractivity contribution is -0.130. The van der Waals surface area contributed by atoms with Crippen LogP contribution in [0.15, 0.2) is 24.3 Å². The van der Waals surface area contributed by atoms with E-state index < -0.39 is 5.54 Å². The van der Waals surface area contributed by atoms with Crippen LogP contribution in [0.5, 0.6) is 0 Å². The molecular formula is C16H16N4O2S. The van der Waals surface area contributed by atoms with Crippen molar-refractivity contribution in [1.29, 1.82) is 0 Å². The van der Waals surface area contributed by atoms with Crippen molar-refractivity contribution in [3.8, 4) is 0 Å². The van der Waals surface area contributed by atoms with Crippen molar-refractivity contribution in [2.24, 2.45) is 0 Å². The minimum atomic E-state index is -0.708. The first-order chi connectivity index (χ1) is 11.1. The lowest BCUT2D eigenvalue weighted by Gasteiger charge is -2.19. The van der Waals surface area contributed by atoms with Gasteiger partial charge in [-0.1, -0.05) is 12.1 Å². The number of imide groups is 1. The Balaban J connectivity index is 1.66. The molecule has 7 heteroatoms. The molecular weight excluding hydrogens is 312 g/mol. The second kappa shape index (κ2) is 5.19. The van der Waals surface area contributed by atoms with Gasteiger partial charge in [0, 0.05) is 5.75 Å². The third-order valence-electron chi connectivity index (χ3n) is 4.42. The molecule has 3 heterocycles. The van der Waals surface area contributed by atoms with Crippen LogP contribution in [0, 0.1) is 6.92 Å². The molecule has 4 rings (SSSR count). The van der Waals surface area contributed by atoms with Crippen LogP contribution in [0.2, 0.25) is 0 Å². The van der Waals surface area contributed by atoms with Crippen LogP contribution in [0.25, 0.3) is 11.0 Å². The molecule has 0 unspecified atom stereocenters. The number of hydrogen-bond acceptors (Lipinski definition) is 5. The molecule has 1 N–H and O–H groups in total. The number of carbonyl (C=O) groups excluding carboxylic acids is 2. The highest BCUT2D eigenvalue weighted by atomic mass is 32.2. The monoisotopic (exact) mass is 328 g/mol. The van der Waals surface area contributed by atoms with Gasteiger partial charge in [0.2, 0.25) is 0 Å². The zero-order valence-corrected chi connectivity index (χ0v) is 13.5. The lowest BCUT2D eigenvalue weighted by atomic mass is 9.99. The molecule has 0 bridgehead atoms. The van der Waals surface area contributed by atoms with E-state index >= 15 is 0 Å². The molecule has 1 atom stereocenters. The highest BCUT2D eigenvalue weighted by molar-refractivity contribution is 7.99. The van der Waals surface area contributed by atoms with Crippen molar-refractivity contribution in [3.05, 3.63) is 35.7 Å². The number of carbonyl (C=O) groups is 2. The fourth-order valence-corrected chi connectivity index (χ4v) is 4.40. The topological polar surface area (TPSA) is 75.2 Å². The van der Waals surface area contributed by atoms with Gasteiger partial charge in [-0.25, -0.2) is 14.8 Å². The van der Waals surface area contributed by atoms with Gasteiger partial charge in [0.05, 0.1) is 29.0 Å². The highest BCUT2D eigenvalue weighted by Crippen LogP contribution is 2.34. The fraction of sp³-hybridized carbons (Fsp3) is 0.375. The number of aryl methyl sites for hydroxylation is 1. The molecule has 6 nitrogen and oxygen atoms in total. The van der Waals surface area contributed by atoms with Crippen LogP contribution in [0.3, 0.4) is 0 Å². The maximum absolute atomic E-state index is 12.7. The zero-order valence-electron chi connectivity index (χ0n) is 12.7. The number of amides is 3. The summed E-state index contributed by atoms with van der Waals surface area (Å²) in [6.45, 7) is 2.02. The maximum atomic E-state index is 12.7. The second-order valence-electron chi connectivity index (χ2n) is 5.95. The molecule has 23 heavy (non-hydrogen) atoms. The first-order valence-corrected chi connectivity index (χ1v) is 8.69. The normalized spacial score (nSPS) is 24.0. The van der Waals surface area contributed by atoms with E-state index in [0.717, 1.165) is 22.5 Å². The Labute approximate surface area is 137 Å². The summed E-state index contributed by atoms with van der Waals surface area (Å²) in [6, 6.07) is 7.26. The molecule has 3 amide bonds. The minimum Gasteiger partial charge on any atom is -0.322 e. The molecule has 2 aliphatic heterocycles. The SMILES string of the molecule is Cc1nc2ccccc2nc1CN1C(=O)N[C@]2(CCSC2)C1=O. The molecule has 2 aromatic rings. The van der Waals surface area contributed by atoms with E-state index in [1.165, 1.54) is 4.90 Å². The average Bonchev–Trinajstić information content (AvgIpc) is 3.09. The van der Waals surface area contributed by atoms with Crippen molar-refractivity contribution in [2.75, 3.05) is 11.5 Å². The Bertz CT molecular complexity index is 817. The van der Waals surface area contributed by atoms with E-state index in [0.29, 0.717) is 17.9 Å². The van der Waals surface area contributed by atoms with Crippen LogP contribution in [0.1, 0.15) is 17.8 Å². The first kappa shape index (κ1) is 14.4. The average molecular weight is 328 g/mol. The third-order valence-corrected chi connectivity index (χ3v) is 5.61. The lowest BCUT2D eigenvalue weighted by Crippen LogP contribution is -2.46. The van der Waals surface area contributed by atoms with E-state index in [2.05, 4.69) is 15.3 Å². The van der Waals surface area contributed by atoms with E-state index in [-0.39, 0.29) is 18.5 Å². The predicted molar refractivity (Wildman–Crippen MR) is 88.0 cm³/mol. The summed E-state index contributed by atoms with van der Waals surface area (Å²) in [4.78, 5) is 35.3. The molecule has 0 radical (unpaired) electrons. The highest BCUT2D eigenvalue weighted by Gasteiger charge is 2.52. The van der Waals surface area contributed by atoms with Crippen molar-refractivity contribution >= 4 is 34.7 Å². The molecule has 1 spiro atoms. The summed E-state index contributed by atoms with van der Waals surface area (Å²) in [5.74, 6) is 1.41. The Morgan fingerprint density at radius 2 is 2.00 bits per heavy atom. The van der Waals surface area contributed by atoms with Crippen molar-refractivity contribution in [1.82, 2.24) is 20.2 Å². The molecule has 2 fully saturated rings. The number of rotatable bonds is 2. The quantitative estimate of drug-likeness (QED) is 0.852. The molecule has 2 saturated heterocycles. The number of nitrogens with one attached hydrogen (secondary N) is 1. The van der Waals surface area contributed by atoms with Gasteiger partial charge in [0.1, 0.15) is 5.54 Å². The summed E-state index contributed by atoms with van der Waals surface area (Å²) < 4.78 is 0. The van der Waals surface area contributed by atoms with Crippen LogP contribution >= 0.6 is 11.8 Å². The second-order valence-corrected chi connectivity index (χ2v) is 7.06. The van der Waals surface area contributed by atoms with Crippen molar-refractivity contribution in [3.63, 3.8) is 0 Å². The Kier molecular flexibility index (Phi) is 3.26. The minimum absolute atomic E-state index is 0.137. The standard InChI is InChI=1S/C16H16N4O2S/c1-10-13(18-12-5-3-2-4-11(12)17-10)8-20-14(21)16(19-15(20)22)6-7-23-9-16/h2-5H,6-9H2,1H3,(H,19,22)/t16-/m0/s1. The molecule has 118 valence electrons. The summed E-state index contributed by atoms with van der Waals surface area (Å²) >= 11 is 1.70. The largest absolute Gasteiger partial charge is 0.325 e. The predicted octanol–water partition coefficient (Wildman–Crippen LogP) is 1.87.